The summed E-state index contributed by atoms with van der Waals surface area (Å²) >= 11 is 0. The van der Waals surface area contributed by atoms with Crippen LogP contribution in [-0.2, 0) is 26.6 Å². The summed E-state index contributed by atoms with van der Waals surface area (Å²) in [6.07, 6.45) is 3.20. The minimum absolute atomic E-state index is 0.0116. The van der Waals surface area contributed by atoms with Crippen LogP contribution in [0.2, 0.25) is 0 Å². The van der Waals surface area contributed by atoms with Crippen LogP contribution >= 0.6 is 0 Å². The highest BCUT2D eigenvalue weighted by Gasteiger charge is 2.41. The molecule has 1 saturated heterocycles. The molecular weight excluding hydrogens is 370 g/mol. The van der Waals surface area contributed by atoms with Crippen LogP contribution in [0.1, 0.15) is 57.4 Å². The lowest BCUT2D eigenvalue weighted by atomic mass is 10.0. The third-order valence-electron chi connectivity index (χ3n) is 4.92. The number of aromatic nitrogens is 1. The topological polar surface area (TPSA) is 97.7 Å². The van der Waals surface area contributed by atoms with E-state index in [2.05, 4.69) is 5.32 Å². The quantitative estimate of drug-likeness (QED) is 0.703. The van der Waals surface area contributed by atoms with Gasteiger partial charge in [0.2, 0.25) is 15.9 Å². The van der Waals surface area contributed by atoms with E-state index in [1.165, 1.54) is 21.1 Å². The molecule has 1 aliphatic heterocycles. The molecule has 0 radical (unpaired) electrons. The first-order chi connectivity index (χ1) is 12.5. The van der Waals surface area contributed by atoms with Crippen LogP contribution in [0.5, 0.6) is 0 Å². The zero-order valence-electron chi connectivity index (χ0n) is 16.6. The number of esters is 1. The third-order valence-corrected chi connectivity index (χ3v) is 6.80. The minimum Gasteiger partial charge on any atom is -0.461 e. The summed E-state index contributed by atoms with van der Waals surface area (Å²) in [6.45, 7) is 7.93. The lowest BCUT2D eigenvalue weighted by molar-refractivity contribution is -0.125. The van der Waals surface area contributed by atoms with Crippen LogP contribution in [0.25, 0.3) is 0 Å². The van der Waals surface area contributed by atoms with Gasteiger partial charge in [0.15, 0.2) is 0 Å². The molecule has 8 nitrogen and oxygen atoms in total. The van der Waals surface area contributed by atoms with Crippen molar-refractivity contribution in [3.63, 3.8) is 0 Å². The van der Waals surface area contributed by atoms with Crippen LogP contribution in [0.15, 0.2) is 17.2 Å². The smallest absolute Gasteiger partial charge is 0.354 e. The molecular formula is C18H29N3O5S. The van der Waals surface area contributed by atoms with E-state index >= 15 is 0 Å². The van der Waals surface area contributed by atoms with Gasteiger partial charge in [0.05, 0.1) is 6.61 Å². The maximum Gasteiger partial charge on any atom is 0.354 e. The zero-order chi connectivity index (χ0) is 20.4. The van der Waals surface area contributed by atoms with Gasteiger partial charge in [-0.25, -0.2) is 13.2 Å². The van der Waals surface area contributed by atoms with Crippen LogP contribution in [-0.4, -0.2) is 53.9 Å². The largest absolute Gasteiger partial charge is 0.461 e. The van der Waals surface area contributed by atoms with Crippen molar-refractivity contribution in [2.24, 2.45) is 7.05 Å². The van der Waals surface area contributed by atoms with Gasteiger partial charge in [-0.1, -0.05) is 6.92 Å². The van der Waals surface area contributed by atoms with Crippen molar-refractivity contribution in [1.82, 2.24) is 14.2 Å². The molecule has 1 atom stereocenters. The summed E-state index contributed by atoms with van der Waals surface area (Å²) in [5, 5.41) is 2.93. The van der Waals surface area contributed by atoms with E-state index in [-0.39, 0.29) is 29.6 Å². The number of nitrogens with zero attached hydrogens (tertiary/aromatic N) is 2. The number of nitrogens with one attached hydrogen (secondary N) is 1. The molecule has 0 aromatic carbocycles. The summed E-state index contributed by atoms with van der Waals surface area (Å²) in [5.41, 5.74) is -0.249. The molecule has 0 spiro atoms. The molecule has 9 heteroatoms. The fourth-order valence-corrected chi connectivity index (χ4v) is 4.74. The van der Waals surface area contributed by atoms with Gasteiger partial charge in [-0.3, -0.25) is 4.79 Å². The second kappa shape index (κ2) is 8.02. The monoisotopic (exact) mass is 399 g/mol. The normalized spacial score (nSPS) is 18.5. The standard InChI is InChI=1S/C18H29N3O5S/c1-6-18(3,4)19-16(22)14-9-8-10-21(14)27(24,25)13-11-15(20(5)12-13)17(23)26-7-2/h11-12,14H,6-10H2,1-5H3,(H,19,22)/t14-/m0/s1. The van der Waals surface area contributed by atoms with Gasteiger partial charge in [0, 0.05) is 25.3 Å². The molecule has 2 heterocycles. The molecule has 152 valence electrons. The molecule has 0 saturated carbocycles. The van der Waals surface area contributed by atoms with Gasteiger partial charge in [-0.15, -0.1) is 0 Å². The van der Waals surface area contributed by atoms with Gasteiger partial charge in [0.1, 0.15) is 16.6 Å². The van der Waals surface area contributed by atoms with Crippen molar-refractivity contribution in [3.05, 3.63) is 18.0 Å². The van der Waals surface area contributed by atoms with E-state index in [9.17, 15) is 18.0 Å². The molecule has 2 rings (SSSR count). The Morgan fingerprint density at radius 2 is 2.00 bits per heavy atom. The Kier molecular flexibility index (Phi) is 6.36. The fraction of sp³-hybridized carbons (Fsp3) is 0.667. The Labute approximate surface area is 160 Å². The first-order valence-electron chi connectivity index (χ1n) is 9.21. The van der Waals surface area contributed by atoms with E-state index in [4.69, 9.17) is 4.74 Å². The summed E-state index contributed by atoms with van der Waals surface area (Å²) in [4.78, 5) is 24.6. The number of carbonyl (C=O) groups excluding carboxylic acids is 2. The highest BCUT2D eigenvalue weighted by molar-refractivity contribution is 7.89. The Morgan fingerprint density at radius 1 is 1.33 bits per heavy atom. The van der Waals surface area contributed by atoms with Gasteiger partial charge in [0.25, 0.3) is 0 Å². The van der Waals surface area contributed by atoms with Gasteiger partial charge in [-0.05, 0) is 46.1 Å². The second-order valence-electron chi connectivity index (χ2n) is 7.39. The number of aryl methyl sites for hydroxylation is 1. The Hall–Kier alpha value is -1.87. The summed E-state index contributed by atoms with van der Waals surface area (Å²) in [7, 11) is -2.31. The number of carbonyl (C=O) groups is 2. The SMILES string of the molecule is CCOC(=O)c1cc(S(=O)(=O)N2CCC[C@H]2C(=O)NC(C)(C)CC)cn1C. The predicted molar refractivity (Wildman–Crippen MR) is 101 cm³/mol. The number of hydrogen-bond acceptors (Lipinski definition) is 5. The molecule has 1 aromatic rings. The first kappa shape index (κ1) is 21.4. The van der Waals surface area contributed by atoms with Gasteiger partial charge in [-0.2, -0.15) is 4.31 Å². The molecule has 0 unspecified atom stereocenters. The van der Waals surface area contributed by atoms with Crippen LogP contribution in [0, 0.1) is 0 Å². The number of ether oxygens (including phenoxy) is 1. The summed E-state index contributed by atoms with van der Waals surface area (Å²) in [5.74, 6) is -0.869. The highest BCUT2D eigenvalue weighted by atomic mass is 32.2. The van der Waals surface area contributed by atoms with Crippen molar-refractivity contribution < 1.29 is 22.7 Å². The van der Waals surface area contributed by atoms with E-state index in [1.54, 1.807) is 14.0 Å². The Morgan fingerprint density at radius 3 is 2.59 bits per heavy atom. The molecule has 27 heavy (non-hydrogen) atoms. The molecule has 0 bridgehead atoms. The molecule has 1 N–H and O–H groups in total. The third kappa shape index (κ3) is 4.52. The number of amides is 1. The second-order valence-corrected chi connectivity index (χ2v) is 9.28. The molecule has 0 aliphatic carbocycles. The van der Waals surface area contributed by atoms with Crippen LogP contribution in [0.4, 0.5) is 0 Å². The molecule has 1 fully saturated rings. The summed E-state index contributed by atoms with van der Waals surface area (Å²) < 4.78 is 33.8. The molecule has 1 amide bonds. The first-order valence-corrected chi connectivity index (χ1v) is 10.6. The number of rotatable bonds is 7. The lowest BCUT2D eigenvalue weighted by Crippen LogP contribution is -2.52. The number of sulfonamides is 1. The Balaban J connectivity index is 2.29. The maximum absolute atomic E-state index is 13.1. The average molecular weight is 400 g/mol. The van der Waals surface area contributed by atoms with Crippen LogP contribution in [0.3, 0.4) is 0 Å². The van der Waals surface area contributed by atoms with Crippen molar-refractivity contribution in [2.75, 3.05) is 13.2 Å². The maximum atomic E-state index is 13.1. The fourth-order valence-electron chi connectivity index (χ4n) is 3.01. The average Bonchev–Trinajstić information content (AvgIpc) is 3.22. The summed E-state index contributed by atoms with van der Waals surface area (Å²) in [6, 6.07) is 0.559. The Bertz CT molecular complexity index is 813. The minimum atomic E-state index is -3.90. The van der Waals surface area contributed by atoms with E-state index < -0.39 is 27.6 Å². The molecule has 1 aromatic heterocycles. The van der Waals surface area contributed by atoms with Crippen molar-refractivity contribution in [1.29, 1.82) is 0 Å². The number of hydrogen-bond donors (Lipinski definition) is 1. The zero-order valence-corrected chi connectivity index (χ0v) is 17.4. The van der Waals surface area contributed by atoms with E-state index in [0.29, 0.717) is 12.8 Å². The highest BCUT2D eigenvalue weighted by Crippen LogP contribution is 2.28. The van der Waals surface area contributed by atoms with Crippen molar-refractivity contribution in [3.8, 4) is 0 Å². The molecule has 1 aliphatic rings. The van der Waals surface area contributed by atoms with Crippen LogP contribution < -0.4 is 5.32 Å². The van der Waals surface area contributed by atoms with Gasteiger partial charge < -0.3 is 14.6 Å². The lowest BCUT2D eigenvalue weighted by Gasteiger charge is -2.29. The van der Waals surface area contributed by atoms with Crippen molar-refractivity contribution >= 4 is 21.9 Å². The van der Waals surface area contributed by atoms with Gasteiger partial charge >= 0.3 is 5.97 Å². The predicted octanol–water partition coefficient (Wildman–Crippen LogP) is 1.66. The van der Waals surface area contributed by atoms with Crippen molar-refractivity contribution in [2.45, 2.75) is 63.4 Å². The van der Waals surface area contributed by atoms with E-state index in [1.807, 2.05) is 20.8 Å². The van der Waals surface area contributed by atoms with E-state index in [0.717, 1.165) is 6.42 Å².